The maximum atomic E-state index is 11.7. The van der Waals surface area contributed by atoms with Crippen molar-refractivity contribution >= 4 is 23.1 Å². The van der Waals surface area contributed by atoms with Gasteiger partial charge in [-0.15, -0.1) is 0 Å². The minimum Gasteiger partial charge on any atom is -0.307 e. The van der Waals surface area contributed by atoms with Crippen LogP contribution < -0.4 is 16.2 Å². The largest absolute Gasteiger partial charge is 0.337 e. The Balaban J connectivity index is 1.97. The van der Waals surface area contributed by atoms with Gasteiger partial charge in [0, 0.05) is 11.8 Å². The van der Waals surface area contributed by atoms with Gasteiger partial charge in [0.1, 0.15) is 5.69 Å². The van der Waals surface area contributed by atoms with Crippen LogP contribution >= 0.6 is 0 Å². The Hall–Kier alpha value is -3.09. The molecule has 21 heavy (non-hydrogen) atoms. The predicted octanol–water partition coefficient (Wildman–Crippen LogP) is 3.05. The first kappa shape index (κ1) is 14.3. The lowest BCUT2D eigenvalue weighted by molar-refractivity contribution is -0.384. The molecule has 2 rings (SSSR count). The van der Waals surface area contributed by atoms with Gasteiger partial charge in [-0.1, -0.05) is 24.3 Å². The van der Waals surface area contributed by atoms with Crippen LogP contribution in [0.25, 0.3) is 0 Å². The molecule has 0 bridgehead atoms. The third-order valence-corrected chi connectivity index (χ3v) is 2.69. The van der Waals surface area contributed by atoms with Crippen molar-refractivity contribution in [2.75, 3.05) is 10.7 Å². The van der Waals surface area contributed by atoms with Crippen LogP contribution in [0.1, 0.15) is 5.56 Å². The molecule has 108 valence electrons. The van der Waals surface area contributed by atoms with Crippen molar-refractivity contribution in [3.63, 3.8) is 0 Å². The molecule has 0 spiro atoms. The average Bonchev–Trinajstić information content (AvgIpc) is 2.45. The van der Waals surface area contributed by atoms with Gasteiger partial charge in [-0.05, 0) is 30.7 Å². The fourth-order valence-electron chi connectivity index (χ4n) is 1.75. The van der Waals surface area contributed by atoms with E-state index >= 15 is 0 Å². The lowest BCUT2D eigenvalue weighted by atomic mass is 10.2. The fourth-order valence-corrected chi connectivity index (χ4v) is 1.75. The molecule has 0 fully saturated rings. The van der Waals surface area contributed by atoms with Crippen molar-refractivity contribution in [3.8, 4) is 0 Å². The molecule has 0 saturated carbocycles. The quantitative estimate of drug-likeness (QED) is 0.594. The van der Waals surface area contributed by atoms with Gasteiger partial charge in [-0.3, -0.25) is 21.0 Å². The standard InChI is InChI=1S/C14H14N4O3/c1-10-5-4-6-11(9-10)15-14(19)17-16-12-7-2-3-8-13(12)18(20)21/h2-9,16H,1H3,(H2,15,17,19). The predicted molar refractivity (Wildman–Crippen MR) is 80.1 cm³/mol. The number of hydrogen-bond acceptors (Lipinski definition) is 4. The zero-order valence-electron chi connectivity index (χ0n) is 11.3. The zero-order valence-corrected chi connectivity index (χ0v) is 11.3. The molecule has 3 N–H and O–H groups in total. The highest BCUT2D eigenvalue weighted by atomic mass is 16.6. The molecule has 0 unspecified atom stereocenters. The number of nitrogens with zero attached hydrogens (tertiary/aromatic N) is 1. The number of urea groups is 1. The SMILES string of the molecule is Cc1cccc(NC(=O)NNc2ccccc2[N+](=O)[O-])c1. The summed E-state index contributed by atoms with van der Waals surface area (Å²) < 4.78 is 0. The van der Waals surface area contributed by atoms with Gasteiger partial charge in [0.05, 0.1) is 4.92 Å². The normalized spacial score (nSPS) is 9.76. The highest BCUT2D eigenvalue weighted by Crippen LogP contribution is 2.22. The van der Waals surface area contributed by atoms with Crippen LogP contribution in [0.4, 0.5) is 21.9 Å². The zero-order chi connectivity index (χ0) is 15.2. The molecule has 0 radical (unpaired) electrons. The van der Waals surface area contributed by atoms with Crippen molar-refractivity contribution in [2.45, 2.75) is 6.92 Å². The van der Waals surface area contributed by atoms with E-state index in [0.717, 1.165) is 5.56 Å². The van der Waals surface area contributed by atoms with Crippen LogP contribution in [0, 0.1) is 17.0 Å². The summed E-state index contributed by atoms with van der Waals surface area (Å²) in [4.78, 5) is 22.0. The number of nitrogens with one attached hydrogen (secondary N) is 3. The first-order valence-corrected chi connectivity index (χ1v) is 6.19. The van der Waals surface area contributed by atoms with Gasteiger partial charge in [0.25, 0.3) is 5.69 Å². The number of benzene rings is 2. The van der Waals surface area contributed by atoms with E-state index in [4.69, 9.17) is 0 Å². The highest BCUT2D eigenvalue weighted by molar-refractivity contribution is 5.90. The van der Waals surface area contributed by atoms with E-state index in [0.29, 0.717) is 5.69 Å². The summed E-state index contributed by atoms with van der Waals surface area (Å²) in [5.41, 5.74) is 6.63. The number of nitro benzene ring substituents is 1. The molecule has 7 nitrogen and oxygen atoms in total. The van der Waals surface area contributed by atoms with Crippen LogP contribution in [-0.2, 0) is 0 Å². The molecule has 7 heteroatoms. The van der Waals surface area contributed by atoms with Crippen LogP contribution in [0.15, 0.2) is 48.5 Å². The lowest BCUT2D eigenvalue weighted by Gasteiger charge is -2.10. The molecule has 0 heterocycles. The number of para-hydroxylation sites is 2. The summed E-state index contributed by atoms with van der Waals surface area (Å²) in [7, 11) is 0. The Kier molecular flexibility index (Phi) is 4.35. The summed E-state index contributed by atoms with van der Waals surface area (Å²) in [6.07, 6.45) is 0. The maximum Gasteiger partial charge on any atom is 0.337 e. The van der Waals surface area contributed by atoms with Crippen molar-refractivity contribution in [2.24, 2.45) is 0 Å². The number of carbonyl (C=O) groups excluding carboxylic acids is 1. The van der Waals surface area contributed by atoms with E-state index in [1.54, 1.807) is 18.2 Å². The number of anilines is 2. The third kappa shape index (κ3) is 3.93. The molecule has 0 saturated heterocycles. The van der Waals surface area contributed by atoms with Gasteiger partial charge in [0.2, 0.25) is 0 Å². The van der Waals surface area contributed by atoms with Crippen molar-refractivity contribution in [1.29, 1.82) is 0 Å². The molecule has 2 aromatic rings. The van der Waals surface area contributed by atoms with Crippen molar-refractivity contribution in [3.05, 3.63) is 64.2 Å². The molecular formula is C14H14N4O3. The summed E-state index contributed by atoms with van der Waals surface area (Å²) in [5.74, 6) is 0. The minimum atomic E-state index is -0.525. The van der Waals surface area contributed by atoms with Crippen LogP contribution in [0.3, 0.4) is 0 Å². The topological polar surface area (TPSA) is 96.3 Å². The molecule has 2 amide bonds. The summed E-state index contributed by atoms with van der Waals surface area (Å²) in [6.45, 7) is 1.91. The second-order valence-corrected chi connectivity index (χ2v) is 4.35. The monoisotopic (exact) mass is 286 g/mol. The Morgan fingerprint density at radius 2 is 1.90 bits per heavy atom. The van der Waals surface area contributed by atoms with Gasteiger partial charge >= 0.3 is 6.03 Å². The first-order chi connectivity index (χ1) is 10.1. The smallest absolute Gasteiger partial charge is 0.307 e. The van der Waals surface area contributed by atoms with Crippen molar-refractivity contribution < 1.29 is 9.72 Å². The van der Waals surface area contributed by atoms with Crippen LogP contribution in [0.2, 0.25) is 0 Å². The summed E-state index contributed by atoms with van der Waals surface area (Å²) in [6, 6.07) is 12.8. The Morgan fingerprint density at radius 3 is 2.62 bits per heavy atom. The number of rotatable bonds is 4. The van der Waals surface area contributed by atoms with E-state index < -0.39 is 11.0 Å². The van der Waals surface area contributed by atoms with E-state index in [-0.39, 0.29) is 11.4 Å². The first-order valence-electron chi connectivity index (χ1n) is 6.19. The Morgan fingerprint density at radius 1 is 1.14 bits per heavy atom. The van der Waals surface area contributed by atoms with Crippen LogP contribution in [-0.4, -0.2) is 11.0 Å². The van der Waals surface area contributed by atoms with Gasteiger partial charge < -0.3 is 5.32 Å². The molecule has 0 aliphatic heterocycles. The average molecular weight is 286 g/mol. The van der Waals surface area contributed by atoms with E-state index in [2.05, 4.69) is 16.2 Å². The highest BCUT2D eigenvalue weighted by Gasteiger charge is 2.12. The number of aryl methyl sites for hydroxylation is 1. The molecular weight excluding hydrogens is 272 g/mol. The Bertz CT molecular complexity index is 673. The van der Waals surface area contributed by atoms with Gasteiger partial charge in [-0.25, -0.2) is 4.79 Å². The number of hydrazine groups is 1. The third-order valence-electron chi connectivity index (χ3n) is 2.69. The Labute approximate surface area is 121 Å². The van der Waals surface area contributed by atoms with E-state index in [9.17, 15) is 14.9 Å². The number of amides is 2. The number of nitro groups is 1. The van der Waals surface area contributed by atoms with Gasteiger partial charge in [-0.2, -0.15) is 0 Å². The lowest BCUT2D eigenvalue weighted by Crippen LogP contribution is -2.33. The number of carbonyl (C=O) groups is 1. The minimum absolute atomic E-state index is 0.117. The fraction of sp³-hybridized carbons (Fsp3) is 0.0714. The van der Waals surface area contributed by atoms with Crippen LogP contribution in [0.5, 0.6) is 0 Å². The van der Waals surface area contributed by atoms with Crippen molar-refractivity contribution in [1.82, 2.24) is 5.43 Å². The molecule has 0 aliphatic rings. The maximum absolute atomic E-state index is 11.7. The second-order valence-electron chi connectivity index (χ2n) is 4.35. The molecule has 0 aliphatic carbocycles. The van der Waals surface area contributed by atoms with Gasteiger partial charge in [0.15, 0.2) is 0 Å². The summed E-state index contributed by atoms with van der Waals surface area (Å²) in [5, 5.41) is 13.5. The molecule has 0 atom stereocenters. The molecule has 0 aromatic heterocycles. The van der Waals surface area contributed by atoms with E-state index in [1.165, 1.54) is 12.1 Å². The number of hydrogen-bond donors (Lipinski definition) is 3. The summed E-state index contributed by atoms with van der Waals surface area (Å²) >= 11 is 0. The molecule has 2 aromatic carbocycles. The second kappa shape index (κ2) is 6.38. The van der Waals surface area contributed by atoms with E-state index in [1.807, 2.05) is 25.1 Å².